The van der Waals surface area contributed by atoms with Crippen molar-refractivity contribution in [3.05, 3.63) is 64.9 Å². The van der Waals surface area contributed by atoms with Gasteiger partial charge in [-0.3, -0.25) is 0 Å². The van der Waals surface area contributed by atoms with E-state index in [1.807, 2.05) is 6.07 Å². The van der Waals surface area contributed by atoms with Crippen LogP contribution in [0.4, 0.5) is 4.39 Å². The number of benzene rings is 2. The quantitative estimate of drug-likeness (QED) is 0.883. The van der Waals surface area contributed by atoms with Crippen LogP contribution in [0.1, 0.15) is 11.6 Å². The fourth-order valence-electron chi connectivity index (χ4n) is 1.80. The first-order chi connectivity index (χ1) is 9.40. The molecule has 0 saturated carbocycles. The van der Waals surface area contributed by atoms with E-state index in [0.29, 0.717) is 0 Å². The summed E-state index contributed by atoms with van der Waals surface area (Å²) >= 11 is 5.60. The molecule has 3 nitrogen and oxygen atoms in total. The maximum atomic E-state index is 13.1. The molecular weight excluding hydrogens is 301 g/mol. The molecule has 0 saturated heterocycles. The van der Waals surface area contributed by atoms with Crippen molar-refractivity contribution in [2.24, 2.45) is 5.73 Å². The Kier molecular flexibility index (Phi) is 4.42. The van der Waals surface area contributed by atoms with Gasteiger partial charge in [-0.1, -0.05) is 41.9 Å². The zero-order valence-corrected chi connectivity index (χ0v) is 12.0. The third-order valence-electron chi connectivity index (χ3n) is 2.88. The van der Waals surface area contributed by atoms with Crippen molar-refractivity contribution in [3.63, 3.8) is 0 Å². The summed E-state index contributed by atoms with van der Waals surface area (Å²) in [7, 11) is -3.62. The Bertz CT molecular complexity index is 704. The third-order valence-corrected chi connectivity index (χ3v) is 4.94. The predicted octanol–water partition coefficient (Wildman–Crippen LogP) is 2.95. The Morgan fingerprint density at radius 3 is 2.40 bits per heavy atom. The number of halogens is 2. The average molecular weight is 314 g/mol. The second-order valence-corrected chi connectivity index (χ2v) is 6.82. The second kappa shape index (κ2) is 5.91. The molecule has 6 heteroatoms. The summed E-state index contributed by atoms with van der Waals surface area (Å²) in [5.74, 6) is -0.920. The van der Waals surface area contributed by atoms with Gasteiger partial charge < -0.3 is 5.73 Å². The molecule has 0 aliphatic heterocycles. The van der Waals surface area contributed by atoms with E-state index >= 15 is 0 Å². The van der Waals surface area contributed by atoms with Crippen molar-refractivity contribution in [3.8, 4) is 0 Å². The van der Waals surface area contributed by atoms with Gasteiger partial charge in [0.05, 0.1) is 15.7 Å². The Hall–Kier alpha value is -1.43. The molecule has 0 aromatic heterocycles. The van der Waals surface area contributed by atoms with Crippen LogP contribution in [0.3, 0.4) is 0 Å². The van der Waals surface area contributed by atoms with Gasteiger partial charge in [-0.05, 0) is 23.8 Å². The van der Waals surface area contributed by atoms with Gasteiger partial charge in [0.2, 0.25) is 0 Å². The summed E-state index contributed by atoms with van der Waals surface area (Å²) < 4.78 is 37.5. The molecule has 2 rings (SSSR count). The van der Waals surface area contributed by atoms with E-state index in [4.69, 9.17) is 17.3 Å². The van der Waals surface area contributed by atoms with Gasteiger partial charge in [-0.15, -0.1) is 0 Å². The van der Waals surface area contributed by atoms with Crippen molar-refractivity contribution < 1.29 is 12.8 Å². The van der Waals surface area contributed by atoms with Crippen LogP contribution in [0, 0.1) is 5.82 Å². The number of sulfone groups is 1. The van der Waals surface area contributed by atoms with E-state index < -0.39 is 21.7 Å². The highest BCUT2D eigenvalue weighted by Crippen LogP contribution is 2.22. The lowest BCUT2D eigenvalue weighted by Crippen LogP contribution is -2.21. The zero-order valence-electron chi connectivity index (χ0n) is 10.5. The van der Waals surface area contributed by atoms with Gasteiger partial charge in [0.15, 0.2) is 9.84 Å². The van der Waals surface area contributed by atoms with Gasteiger partial charge in [0, 0.05) is 6.04 Å². The van der Waals surface area contributed by atoms with Gasteiger partial charge >= 0.3 is 0 Å². The summed E-state index contributed by atoms with van der Waals surface area (Å²) in [6.07, 6.45) is 0. The Morgan fingerprint density at radius 2 is 1.80 bits per heavy atom. The maximum absolute atomic E-state index is 13.1. The first kappa shape index (κ1) is 15.0. The lowest BCUT2D eigenvalue weighted by molar-refractivity contribution is 0.588. The molecule has 0 fully saturated rings. The highest BCUT2D eigenvalue weighted by Gasteiger charge is 2.20. The van der Waals surface area contributed by atoms with E-state index in [0.717, 1.165) is 17.7 Å². The van der Waals surface area contributed by atoms with E-state index in [9.17, 15) is 12.8 Å². The van der Waals surface area contributed by atoms with Gasteiger partial charge in [0.1, 0.15) is 5.82 Å². The molecule has 0 bridgehead atoms. The summed E-state index contributed by atoms with van der Waals surface area (Å²) in [6, 6.07) is 11.6. The minimum absolute atomic E-state index is 0.0321. The molecule has 0 heterocycles. The van der Waals surface area contributed by atoms with Crippen LogP contribution >= 0.6 is 11.6 Å². The number of rotatable bonds is 4. The standard InChI is InChI=1S/C14H13ClFNO2S/c15-12-8-11(6-7-13(12)16)20(18,19)9-14(17)10-4-2-1-3-5-10/h1-8,14H,9,17H2. The maximum Gasteiger partial charge on any atom is 0.180 e. The molecule has 2 N–H and O–H groups in total. The van der Waals surface area contributed by atoms with Gasteiger partial charge in [-0.25, -0.2) is 12.8 Å². The normalized spacial score (nSPS) is 13.2. The molecule has 0 radical (unpaired) electrons. The molecule has 1 atom stereocenters. The van der Waals surface area contributed by atoms with Gasteiger partial charge in [0.25, 0.3) is 0 Å². The third kappa shape index (κ3) is 3.36. The molecule has 0 aliphatic carbocycles. The lowest BCUT2D eigenvalue weighted by atomic mass is 10.1. The summed E-state index contributed by atoms with van der Waals surface area (Å²) in [5.41, 5.74) is 6.63. The molecule has 106 valence electrons. The van der Waals surface area contributed by atoms with Crippen LogP contribution in [0.2, 0.25) is 5.02 Å². The highest BCUT2D eigenvalue weighted by atomic mass is 35.5. The number of nitrogens with two attached hydrogens (primary N) is 1. The number of hydrogen-bond acceptors (Lipinski definition) is 3. The van der Waals surface area contributed by atoms with Crippen molar-refractivity contribution in [1.29, 1.82) is 0 Å². The molecule has 0 amide bonds. The van der Waals surface area contributed by atoms with E-state index in [1.54, 1.807) is 24.3 Å². The topological polar surface area (TPSA) is 60.2 Å². The molecule has 2 aromatic rings. The fraction of sp³-hybridized carbons (Fsp3) is 0.143. The van der Waals surface area contributed by atoms with E-state index in [-0.39, 0.29) is 15.7 Å². The largest absolute Gasteiger partial charge is 0.323 e. The van der Waals surface area contributed by atoms with Crippen LogP contribution < -0.4 is 5.73 Å². The van der Waals surface area contributed by atoms with Gasteiger partial charge in [-0.2, -0.15) is 0 Å². The zero-order chi connectivity index (χ0) is 14.8. The van der Waals surface area contributed by atoms with Crippen LogP contribution in [-0.2, 0) is 9.84 Å². The predicted molar refractivity (Wildman–Crippen MR) is 76.8 cm³/mol. The Balaban J connectivity index is 2.25. The first-order valence-corrected chi connectivity index (χ1v) is 7.91. The van der Waals surface area contributed by atoms with Crippen molar-refractivity contribution >= 4 is 21.4 Å². The first-order valence-electron chi connectivity index (χ1n) is 5.88. The summed E-state index contributed by atoms with van der Waals surface area (Å²) in [5, 5.41) is -0.223. The van der Waals surface area contributed by atoms with E-state index in [1.165, 1.54) is 6.07 Å². The SMILES string of the molecule is NC(CS(=O)(=O)c1ccc(F)c(Cl)c1)c1ccccc1. The lowest BCUT2D eigenvalue weighted by Gasteiger charge is -2.12. The van der Waals surface area contributed by atoms with Crippen LogP contribution in [0.15, 0.2) is 53.4 Å². The number of hydrogen-bond donors (Lipinski definition) is 1. The monoisotopic (exact) mass is 313 g/mol. The molecule has 0 aliphatic rings. The van der Waals surface area contributed by atoms with Crippen LogP contribution in [0.5, 0.6) is 0 Å². The molecule has 0 spiro atoms. The molecule has 20 heavy (non-hydrogen) atoms. The van der Waals surface area contributed by atoms with Crippen LogP contribution in [0.25, 0.3) is 0 Å². The average Bonchev–Trinajstić information content (AvgIpc) is 2.42. The summed E-state index contributed by atoms with van der Waals surface area (Å²) in [6.45, 7) is 0. The summed E-state index contributed by atoms with van der Waals surface area (Å²) in [4.78, 5) is -0.0321. The van der Waals surface area contributed by atoms with Crippen molar-refractivity contribution in [2.75, 3.05) is 5.75 Å². The fourth-order valence-corrected chi connectivity index (χ4v) is 3.48. The molecule has 1 unspecified atom stereocenters. The minimum Gasteiger partial charge on any atom is -0.323 e. The minimum atomic E-state index is -3.62. The molecule has 2 aromatic carbocycles. The Labute approximate surface area is 122 Å². The van der Waals surface area contributed by atoms with E-state index in [2.05, 4.69) is 0 Å². The highest BCUT2D eigenvalue weighted by molar-refractivity contribution is 7.91. The van der Waals surface area contributed by atoms with Crippen molar-refractivity contribution in [1.82, 2.24) is 0 Å². The Morgan fingerprint density at radius 1 is 1.15 bits per heavy atom. The second-order valence-electron chi connectivity index (χ2n) is 4.37. The van der Waals surface area contributed by atoms with Crippen LogP contribution in [-0.4, -0.2) is 14.2 Å². The molecular formula is C14H13ClFNO2S. The smallest absolute Gasteiger partial charge is 0.180 e. The van der Waals surface area contributed by atoms with Crippen molar-refractivity contribution in [2.45, 2.75) is 10.9 Å².